The van der Waals surface area contributed by atoms with Crippen molar-refractivity contribution in [2.24, 2.45) is 0 Å². The van der Waals surface area contributed by atoms with E-state index in [1.807, 2.05) is 35.2 Å². The van der Waals surface area contributed by atoms with Crippen molar-refractivity contribution < 1.29 is 18.3 Å². The molecule has 138 valence electrons. The third kappa shape index (κ3) is 5.52. The second kappa shape index (κ2) is 8.76. The van der Waals surface area contributed by atoms with E-state index < -0.39 is 11.6 Å². The average molecular weight is 360 g/mol. The third-order valence-corrected chi connectivity index (χ3v) is 4.23. The van der Waals surface area contributed by atoms with Crippen LogP contribution in [0, 0.1) is 11.6 Å². The molecule has 1 saturated carbocycles. The number of carbonyl (C=O) groups is 1. The summed E-state index contributed by atoms with van der Waals surface area (Å²) in [7, 11) is 0. The van der Waals surface area contributed by atoms with Crippen molar-refractivity contribution >= 4 is 5.91 Å². The number of hydrogen-bond acceptors (Lipinski definition) is 3. The average Bonchev–Trinajstić information content (AvgIpc) is 3.46. The standard InChI is InChI=1S/C20H22F2N2O2/c21-16-7-6-15(19(22)12-16)13-24(17-8-9-17)14-20(25)23-10-11-26-18-4-2-1-3-5-18/h1-7,12,17H,8-11,13-14H2,(H,23,25). The van der Waals surface area contributed by atoms with Crippen molar-refractivity contribution in [2.75, 3.05) is 19.7 Å². The fourth-order valence-corrected chi connectivity index (χ4v) is 2.74. The predicted molar refractivity (Wildman–Crippen MR) is 94.7 cm³/mol. The van der Waals surface area contributed by atoms with E-state index in [-0.39, 0.29) is 18.5 Å². The summed E-state index contributed by atoms with van der Waals surface area (Å²) in [6.07, 6.45) is 1.99. The summed E-state index contributed by atoms with van der Waals surface area (Å²) in [5.41, 5.74) is 0.401. The molecule has 0 unspecified atom stereocenters. The summed E-state index contributed by atoms with van der Waals surface area (Å²) in [6, 6.07) is 13.2. The van der Waals surface area contributed by atoms with Gasteiger partial charge in [0, 0.05) is 24.2 Å². The molecule has 2 aromatic carbocycles. The lowest BCUT2D eigenvalue weighted by atomic mass is 10.2. The first-order valence-corrected chi connectivity index (χ1v) is 8.74. The van der Waals surface area contributed by atoms with E-state index in [9.17, 15) is 13.6 Å². The van der Waals surface area contributed by atoms with Gasteiger partial charge in [0.1, 0.15) is 24.0 Å². The number of hydrogen-bond donors (Lipinski definition) is 1. The van der Waals surface area contributed by atoms with Crippen molar-refractivity contribution in [1.82, 2.24) is 10.2 Å². The van der Waals surface area contributed by atoms with Gasteiger partial charge in [-0.15, -0.1) is 0 Å². The Morgan fingerprint density at radius 3 is 2.62 bits per heavy atom. The highest BCUT2D eigenvalue weighted by Crippen LogP contribution is 2.28. The summed E-state index contributed by atoms with van der Waals surface area (Å²) in [5.74, 6) is -0.545. The molecule has 1 aliphatic rings. The minimum Gasteiger partial charge on any atom is -0.492 e. The maximum Gasteiger partial charge on any atom is 0.234 e. The first-order chi connectivity index (χ1) is 12.6. The molecule has 3 rings (SSSR count). The van der Waals surface area contributed by atoms with Gasteiger partial charge in [-0.25, -0.2) is 8.78 Å². The number of amides is 1. The van der Waals surface area contributed by atoms with E-state index in [1.54, 1.807) is 0 Å². The molecule has 1 fully saturated rings. The zero-order valence-electron chi connectivity index (χ0n) is 14.5. The van der Waals surface area contributed by atoms with Gasteiger partial charge in [-0.2, -0.15) is 0 Å². The Morgan fingerprint density at radius 2 is 1.92 bits per heavy atom. The number of ether oxygens (including phenoxy) is 1. The van der Waals surface area contributed by atoms with E-state index >= 15 is 0 Å². The largest absolute Gasteiger partial charge is 0.492 e. The van der Waals surface area contributed by atoms with Gasteiger partial charge in [0.05, 0.1) is 13.1 Å². The highest BCUT2D eigenvalue weighted by Gasteiger charge is 2.30. The van der Waals surface area contributed by atoms with Gasteiger partial charge in [-0.3, -0.25) is 9.69 Å². The molecule has 0 bridgehead atoms. The Bertz CT molecular complexity index is 736. The minimum absolute atomic E-state index is 0.129. The molecule has 1 aliphatic carbocycles. The van der Waals surface area contributed by atoms with Gasteiger partial charge in [-0.05, 0) is 31.0 Å². The quantitative estimate of drug-likeness (QED) is 0.699. The highest BCUT2D eigenvalue weighted by atomic mass is 19.1. The SMILES string of the molecule is O=C(CN(Cc1ccc(F)cc1F)C1CC1)NCCOc1ccccc1. The van der Waals surface area contributed by atoms with E-state index in [4.69, 9.17) is 4.74 Å². The minimum atomic E-state index is -0.597. The Labute approximate surface area is 151 Å². The lowest BCUT2D eigenvalue weighted by molar-refractivity contribution is -0.122. The molecule has 1 amide bonds. The molecule has 0 radical (unpaired) electrons. The Balaban J connectivity index is 1.44. The van der Waals surface area contributed by atoms with Gasteiger partial charge >= 0.3 is 0 Å². The molecule has 6 heteroatoms. The molecular formula is C20H22F2N2O2. The van der Waals surface area contributed by atoms with E-state index in [1.165, 1.54) is 12.1 Å². The Hall–Kier alpha value is -2.47. The van der Waals surface area contributed by atoms with E-state index in [2.05, 4.69) is 5.32 Å². The Kier molecular flexibility index (Phi) is 6.17. The smallest absolute Gasteiger partial charge is 0.234 e. The number of nitrogens with zero attached hydrogens (tertiary/aromatic N) is 1. The molecule has 0 spiro atoms. The normalized spacial score (nSPS) is 13.7. The van der Waals surface area contributed by atoms with Crippen LogP contribution in [0.2, 0.25) is 0 Å². The van der Waals surface area contributed by atoms with Crippen molar-refractivity contribution in [3.63, 3.8) is 0 Å². The van der Waals surface area contributed by atoms with Crippen LogP contribution in [0.4, 0.5) is 8.78 Å². The van der Waals surface area contributed by atoms with Crippen LogP contribution in [0.15, 0.2) is 48.5 Å². The predicted octanol–water partition coefficient (Wildman–Crippen LogP) is 3.12. The lowest BCUT2D eigenvalue weighted by Crippen LogP contribution is -2.39. The monoisotopic (exact) mass is 360 g/mol. The number of carbonyl (C=O) groups excluding carboxylic acids is 1. The van der Waals surface area contributed by atoms with Crippen LogP contribution in [0.1, 0.15) is 18.4 Å². The zero-order valence-corrected chi connectivity index (χ0v) is 14.5. The summed E-state index contributed by atoms with van der Waals surface area (Å²) in [4.78, 5) is 14.1. The van der Waals surface area contributed by atoms with Gasteiger partial charge in [0.25, 0.3) is 0 Å². The molecule has 0 aliphatic heterocycles. The molecule has 0 aromatic heterocycles. The maximum atomic E-state index is 13.9. The van der Waals surface area contributed by atoms with Gasteiger partial charge in [0.2, 0.25) is 5.91 Å². The lowest BCUT2D eigenvalue weighted by Gasteiger charge is -2.21. The second-order valence-corrected chi connectivity index (χ2v) is 6.38. The van der Waals surface area contributed by atoms with Crippen molar-refractivity contribution in [3.8, 4) is 5.75 Å². The molecule has 0 atom stereocenters. The van der Waals surface area contributed by atoms with E-state index in [0.29, 0.717) is 25.3 Å². The number of benzene rings is 2. The molecule has 1 N–H and O–H groups in total. The maximum absolute atomic E-state index is 13.9. The topological polar surface area (TPSA) is 41.6 Å². The molecule has 0 heterocycles. The summed E-state index contributed by atoms with van der Waals surface area (Å²) in [6.45, 7) is 1.26. The number of halogens is 2. The highest BCUT2D eigenvalue weighted by molar-refractivity contribution is 5.78. The zero-order chi connectivity index (χ0) is 18.4. The fraction of sp³-hybridized carbons (Fsp3) is 0.350. The van der Waals surface area contributed by atoms with Gasteiger partial charge < -0.3 is 10.1 Å². The molecular weight excluding hydrogens is 338 g/mol. The van der Waals surface area contributed by atoms with Crippen LogP contribution < -0.4 is 10.1 Å². The summed E-state index contributed by atoms with van der Waals surface area (Å²) < 4.78 is 32.4. The molecule has 4 nitrogen and oxygen atoms in total. The van der Waals surface area contributed by atoms with Crippen LogP contribution in [-0.4, -0.2) is 36.5 Å². The van der Waals surface area contributed by atoms with Crippen LogP contribution >= 0.6 is 0 Å². The first kappa shape index (κ1) is 18.3. The molecule has 2 aromatic rings. The van der Waals surface area contributed by atoms with Crippen molar-refractivity contribution in [1.29, 1.82) is 0 Å². The van der Waals surface area contributed by atoms with Crippen LogP contribution in [-0.2, 0) is 11.3 Å². The van der Waals surface area contributed by atoms with E-state index in [0.717, 1.165) is 24.7 Å². The second-order valence-electron chi connectivity index (χ2n) is 6.38. The van der Waals surface area contributed by atoms with Gasteiger partial charge in [-0.1, -0.05) is 24.3 Å². The van der Waals surface area contributed by atoms with Crippen LogP contribution in [0.5, 0.6) is 5.75 Å². The summed E-state index contributed by atoms with van der Waals surface area (Å²) >= 11 is 0. The van der Waals surface area contributed by atoms with Gasteiger partial charge in [0.15, 0.2) is 0 Å². The number of rotatable bonds is 9. The van der Waals surface area contributed by atoms with Crippen molar-refractivity contribution in [2.45, 2.75) is 25.4 Å². The Morgan fingerprint density at radius 1 is 1.15 bits per heavy atom. The van der Waals surface area contributed by atoms with Crippen LogP contribution in [0.25, 0.3) is 0 Å². The van der Waals surface area contributed by atoms with Crippen molar-refractivity contribution in [3.05, 3.63) is 65.7 Å². The summed E-state index contributed by atoms with van der Waals surface area (Å²) in [5, 5.41) is 2.82. The first-order valence-electron chi connectivity index (χ1n) is 8.74. The van der Waals surface area contributed by atoms with Crippen LogP contribution in [0.3, 0.4) is 0 Å². The number of para-hydroxylation sites is 1. The fourth-order valence-electron chi connectivity index (χ4n) is 2.74. The molecule has 0 saturated heterocycles. The number of nitrogens with one attached hydrogen (secondary N) is 1. The molecule has 26 heavy (non-hydrogen) atoms. The third-order valence-electron chi connectivity index (χ3n) is 4.23.